The predicted molar refractivity (Wildman–Crippen MR) is 102 cm³/mol. The highest BCUT2D eigenvalue weighted by Gasteiger charge is 2.31. The van der Waals surface area contributed by atoms with E-state index in [0.717, 1.165) is 39.0 Å². The van der Waals surface area contributed by atoms with E-state index in [-0.39, 0.29) is 17.9 Å². The van der Waals surface area contributed by atoms with Gasteiger partial charge in [-0.2, -0.15) is 4.31 Å². The Balaban J connectivity index is 1.38. The molecule has 10 heteroatoms. The van der Waals surface area contributed by atoms with Crippen LogP contribution in [0.3, 0.4) is 0 Å². The number of nitrogens with zero attached hydrogens (tertiary/aromatic N) is 4. The van der Waals surface area contributed by atoms with Gasteiger partial charge in [-0.1, -0.05) is 0 Å². The number of carbonyl (C=O) groups excluding carboxylic acids is 2. The van der Waals surface area contributed by atoms with Crippen molar-refractivity contribution in [3.63, 3.8) is 0 Å². The van der Waals surface area contributed by atoms with Crippen LogP contribution in [0.25, 0.3) is 0 Å². The lowest BCUT2D eigenvalue weighted by Crippen LogP contribution is -2.56. The van der Waals surface area contributed by atoms with Crippen molar-refractivity contribution in [2.45, 2.75) is 31.8 Å². The van der Waals surface area contributed by atoms with E-state index in [1.807, 2.05) is 6.92 Å². The second kappa shape index (κ2) is 8.42. The summed E-state index contributed by atoms with van der Waals surface area (Å²) in [5.74, 6) is 0.155. The Morgan fingerprint density at radius 1 is 1.00 bits per heavy atom. The second-order valence-electron chi connectivity index (χ2n) is 7.81. The van der Waals surface area contributed by atoms with Crippen molar-refractivity contribution in [2.75, 3.05) is 65.2 Å². The molecule has 2 aliphatic heterocycles. The van der Waals surface area contributed by atoms with Crippen molar-refractivity contribution in [2.24, 2.45) is 0 Å². The molecule has 3 aliphatic rings. The minimum atomic E-state index is -3.18. The minimum Gasteiger partial charge on any atom is -0.352 e. The van der Waals surface area contributed by atoms with Crippen LogP contribution >= 0.6 is 0 Å². The van der Waals surface area contributed by atoms with Gasteiger partial charge in [-0.15, -0.1) is 0 Å². The first kappa shape index (κ1) is 20.5. The maximum absolute atomic E-state index is 12.5. The maximum Gasteiger partial charge on any atom is 0.237 e. The smallest absolute Gasteiger partial charge is 0.237 e. The van der Waals surface area contributed by atoms with Gasteiger partial charge < -0.3 is 10.2 Å². The van der Waals surface area contributed by atoms with Gasteiger partial charge in [0.15, 0.2) is 0 Å². The quantitative estimate of drug-likeness (QED) is 0.575. The summed E-state index contributed by atoms with van der Waals surface area (Å²) in [7, 11) is -3.18. The number of amides is 2. The number of hydrogen-bond acceptors (Lipinski definition) is 6. The number of carbonyl (C=O) groups is 2. The molecule has 27 heavy (non-hydrogen) atoms. The number of nitrogens with one attached hydrogen (secondary N) is 1. The molecule has 2 amide bonds. The van der Waals surface area contributed by atoms with E-state index >= 15 is 0 Å². The van der Waals surface area contributed by atoms with Crippen LogP contribution in [0.15, 0.2) is 0 Å². The third-order valence-corrected chi connectivity index (χ3v) is 6.98. The number of hydrogen-bond donors (Lipinski definition) is 1. The van der Waals surface area contributed by atoms with E-state index in [2.05, 4.69) is 15.1 Å². The predicted octanol–water partition coefficient (Wildman–Crippen LogP) is -1.63. The summed E-state index contributed by atoms with van der Waals surface area (Å²) >= 11 is 0. The van der Waals surface area contributed by atoms with E-state index in [1.54, 1.807) is 4.90 Å². The second-order valence-corrected chi connectivity index (χ2v) is 9.80. The molecular weight excluding hydrogens is 370 g/mol. The Bertz CT molecular complexity index is 650. The first-order valence-electron chi connectivity index (χ1n) is 9.74. The van der Waals surface area contributed by atoms with Crippen molar-refractivity contribution in [1.82, 2.24) is 24.3 Å². The Kier molecular flexibility index (Phi) is 6.39. The Labute approximate surface area is 161 Å². The normalized spacial score (nSPS) is 24.6. The van der Waals surface area contributed by atoms with Crippen molar-refractivity contribution in [3.8, 4) is 0 Å². The largest absolute Gasteiger partial charge is 0.352 e. The molecule has 3 rings (SSSR count). The average Bonchev–Trinajstić information content (AvgIpc) is 3.45. The van der Waals surface area contributed by atoms with Gasteiger partial charge in [0.2, 0.25) is 21.8 Å². The van der Waals surface area contributed by atoms with Crippen LogP contribution in [-0.4, -0.2) is 116 Å². The van der Waals surface area contributed by atoms with Gasteiger partial charge in [0.25, 0.3) is 0 Å². The van der Waals surface area contributed by atoms with E-state index in [1.165, 1.54) is 10.6 Å². The number of piperazine rings is 2. The molecule has 2 saturated heterocycles. The van der Waals surface area contributed by atoms with Gasteiger partial charge in [-0.3, -0.25) is 19.4 Å². The van der Waals surface area contributed by atoms with Crippen LogP contribution < -0.4 is 5.32 Å². The molecular formula is C17H31N5O4S. The first-order chi connectivity index (χ1) is 12.7. The van der Waals surface area contributed by atoms with Crippen LogP contribution in [-0.2, 0) is 19.6 Å². The van der Waals surface area contributed by atoms with E-state index in [4.69, 9.17) is 0 Å². The van der Waals surface area contributed by atoms with Crippen molar-refractivity contribution >= 4 is 21.8 Å². The highest BCUT2D eigenvalue weighted by molar-refractivity contribution is 7.88. The van der Waals surface area contributed by atoms with Gasteiger partial charge in [-0.05, 0) is 19.8 Å². The Morgan fingerprint density at radius 3 is 2.11 bits per heavy atom. The van der Waals surface area contributed by atoms with Crippen LogP contribution in [0.2, 0.25) is 0 Å². The van der Waals surface area contributed by atoms with Gasteiger partial charge in [0, 0.05) is 58.4 Å². The zero-order chi connectivity index (χ0) is 19.6. The molecule has 1 atom stereocenters. The molecule has 0 unspecified atom stereocenters. The zero-order valence-corrected chi connectivity index (χ0v) is 17.1. The van der Waals surface area contributed by atoms with Gasteiger partial charge in [0.1, 0.15) is 0 Å². The third-order valence-electron chi connectivity index (χ3n) is 5.68. The van der Waals surface area contributed by atoms with Crippen molar-refractivity contribution < 1.29 is 18.0 Å². The molecule has 9 nitrogen and oxygen atoms in total. The number of sulfonamides is 1. The van der Waals surface area contributed by atoms with Crippen molar-refractivity contribution in [1.29, 1.82) is 0 Å². The zero-order valence-electron chi connectivity index (χ0n) is 16.3. The molecule has 0 radical (unpaired) electrons. The highest BCUT2D eigenvalue weighted by atomic mass is 32.2. The van der Waals surface area contributed by atoms with E-state index in [9.17, 15) is 18.0 Å². The molecule has 0 aromatic rings. The molecule has 0 spiro atoms. The fraction of sp³-hybridized carbons (Fsp3) is 0.882. The van der Waals surface area contributed by atoms with E-state index in [0.29, 0.717) is 38.8 Å². The minimum absolute atomic E-state index is 0.0520. The first-order valence-corrected chi connectivity index (χ1v) is 11.6. The fourth-order valence-electron chi connectivity index (χ4n) is 3.58. The van der Waals surface area contributed by atoms with Crippen LogP contribution in [0, 0.1) is 0 Å². The Hall–Kier alpha value is -1.23. The molecule has 1 saturated carbocycles. The SMILES string of the molecule is C[C@@H](C(=O)NC1CC1)N1CCN(CC(=O)N2CCN(S(C)(=O)=O)CC2)CC1. The van der Waals surface area contributed by atoms with Crippen LogP contribution in [0.1, 0.15) is 19.8 Å². The molecule has 1 N–H and O–H groups in total. The molecule has 1 aliphatic carbocycles. The summed E-state index contributed by atoms with van der Waals surface area (Å²) in [6, 6.07) is 0.245. The standard InChI is InChI=1S/C17H31N5O4S/c1-14(17(24)18-15-3-4-15)20-7-5-19(6-8-20)13-16(23)21-9-11-22(12-10-21)27(2,25)26/h14-15H,3-13H2,1-2H3,(H,18,24)/t14-/m0/s1. The Morgan fingerprint density at radius 2 is 1.59 bits per heavy atom. The monoisotopic (exact) mass is 401 g/mol. The van der Waals surface area contributed by atoms with Crippen molar-refractivity contribution in [3.05, 3.63) is 0 Å². The molecule has 0 aromatic carbocycles. The van der Waals surface area contributed by atoms with Gasteiger partial charge in [-0.25, -0.2) is 8.42 Å². The highest BCUT2D eigenvalue weighted by Crippen LogP contribution is 2.19. The van der Waals surface area contributed by atoms with Crippen LogP contribution in [0.5, 0.6) is 0 Å². The molecule has 0 aromatic heterocycles. The summed E-state index contributed by atoms with van der Waals surface area (Å²) < 4.78 is 24.5. The summed E-state index contributed by atoms with van der Waals surface area (Å²) in [5, 5.41) is 3.05. The van der Waals surface area contributed by atoms with Crippen LogP contribution in [0.4, 0.5) is 0 Å². The van der Waals surface area contributed by atoms with Gasteiger partial charge >= 0.3 is 0 Å². The molecule has 154 valence electrons. The van der Waals surface area contributed by atoms with E-state index < -0.39 is 10.0 Å². The molecule has 0 bridgehead atoms. The molecule has 3 fully saturated rings. The van der Waals surface area contributed by atoms with Gasteiger partial charge in [0.05, 0.1) is 18.8 Å². The number of rotatable bonds is 6. The summed E-state index contributed by atoms with van der Waals surface area (Å²) in [6.07, 6.45) is 3.38. The third kappa shape index (κ3) is 5.63. The average molecular weight is 402 g/mol. The summed E-state index contributed by atoms with van der Waals surface area (Å²) in [4.78, 5) is 30.7. The summed E-state index contributed by atoms with van der Waals surface area (Å²) in [6.45, 7) is 7.00. The lowest BCUT2D eigenvalue weighted by Gasteiger charge is -2.39. The maximum atomic E-state index is 12.5. The molecule has 2 heterocycles. The summed E-state index contributed by atoms with van der Waals surface area (Å²) in [5.41, 5.74) is 0. The lowest BCUT2D eigenvalue weighted by molar-refractivity contribution is -0.135. The fourth-order valence-corrected chi connectivity index (χ4v) is 4.41. The topological polar surface area (TPSA) is 93.3 Å². The lowest BCUT2D eigenvalue weighted by atomic mass is 10.2.